The van der Waals surface area contributed by atoms with Crippen molar-refractivity contribution in [3.05, 3.63) is 29.8 Å². The summed E-state index contributed by atoms with van der Waals surface area (Å²) in [5.41, 5.74) is 7.22. The summed E-state index contributed by atoms with van der Waals surface area (Å²) < 4.78 is 12.0. The van der Waals surface area contributed by atoms with Gasteiger partial charge in [0, 0.05) is 44.9 Å². The summed E-state index contributed by atoms with van der Waals surface area (Å²) in [5.74, 6) is 2.91. The number of rotatable bonds is 5. The molecule has 17 heavy (non-hydrogen) atoms. The lowest BCUT2D eigenvalue weighted by Gasteiger charge is -2.12. The van der Waals surface area contributed by atoms with Crippen molar-refractivity contribution >= 4 is 22.6 Å². The molecule has 0 fully saturated rings. The standard InChI is InChI=1S/C13H19NOS2/c1-2-11(14)9-17(15)8-10-7-16-13-6-4-3-5-12(10)13/h3-6,10-11H,2,7-9,14H2,1H3. The number of nitrogens with two attached hydrogens (primary N) is 1. The lowest BCUT2D eigenvalue weighted by molar-refractivity contribution is 0.659. The molecule has 1 aliphatic heterocycles. The van der Waals surface area contributed by atoms with Gasteiger partial charge in [0.05, 0.1) is 0 Å². The molecule has 0 saturated heterocycles. The summed E-state index contributed by atoms with van der Waals surface area (Å²) in [6.07, 6.45) is 0.905. The largest absolute Gasteiger partial charge is 0.327 e. The number of thioether (sulfide) groups is 1. The third-order valence-electron chi connectivity index (χ3n) is 3.11. The summed E-state index contributed by atoms with van der Waals surface area (Å²) in [4.78, 5) is 1.36. The van der Waals surface area contributed by atoms with E-state index in [1.165, 1.54) is 10.5 Å². The van der Waals surface area contributed by atoms with Crippen LogP contribution in [0.2, 0.25) is 0 Å². The predicted octanol–water partition coefficient (Wildman–Crippen LogP) is 2.36. The highest BCUT2D eigenvalue weighted by Gasteiger charge is 2.24. The Morgan fingerprint density at radius 3 is 3.06 bits per heavy atom. The Morgan fingerprint density at radius 1 is 1.53 bits per heavy atom. The van der Waals surface area contributed by atoms with E-state index >= 15 is 0 Å². The van der Waals surface area contributed by atoms with Crippen molar-refractivity contribution in [3.63, 3.8) is 0 Å². The minimum atomic E-state index is -0.785. The minimum absolute atomic E-state index is 0.0835. The molecule has 1 aliphatic rings. The van der Waals surface area contributed by atoms with Crippen molar-refractivity contribution in [2.75, 3.05) is 17.3 Å². The molecule has 0 aromatic heterocycles. The first-order valence-corrected chi connectivity index (χ1v) is 8.50. The number of hydrogen-bond acceptors (Lipinski definition) is 3. The van der Waals surface area contributed by atoms with Gasteiger partial charge in [-0.15, -0.1) is 11.8 Å². The van der Waals surface area contributed by atoms with E-state index in [2.05, 4.69) is 24.3 Å². The summed E-state index contributed by atoms with van der Waals surface area (Å²) >= 11 is 1.88. The second-order valence-corrected chi connectivity index (χ2v) is 7.10. The third-order valence-corrected chi connectivity index (χ3v) is 5.94. The maximum absolute atomic E-state index is 12.0. The van der Waals surface area contributed by atoms with Crippen LogP contribution in [0.15, 0.2) is 29.2 Å². The van der Waals surface area contributed by atoms with Gasteiger partial charge in [0.25, 0.3) is 0 Å². The quantitative estimate of drug-likeness (QED) is 0.892. The van der Waals surface area contributed by atoms with Crippen LogP contribution >= 0.6 is 11.8 Å². The fourth-order valence-corrected chi connectivity index (χ4v) is 5.02. The zero-order valence-corrected chi connectivity index (χ0v) is 11.7. The molecule has 0 radical (unpaired) electrons. The Balaban J connectivity index is 1.95. The molecule has 2 N–H and O–H groups in total. The smallest absolute Gasteiger partial charge is 0.0386 e. The van der Waals surface area contributed by atoms with Crippen molar-refractivity contribution < 1.29 is 4.21 Å². The van der Waals surface area contributed by atoms with Gasteiger partial charge in [0.2, 0.25) is 0 Å². The SMILES string of the molecule is CCC(N)CS(=O)CC1CSc2ccccc21. The molecule has 4 heteroatoms. The van der Waals surface area contributed by atoms with Crippen LogP contribution in [-0.4, -0.2) is 27.5 Å². The van der Waals surface area contributed by atoms with Crippen LogP contribution in [0.1, 0.15) is 24.8 Å². The van der Waals surface area contributed by atoms with Crippen molar-refractivity contribution in [2.45, 2.75) is 30.2 Å². The molecule has 0 saturated carbocycles. The fraction of sp³-hybridized carbons (Fsp3) is 0.538. The van der Waals surface area contributed by atoms with E-state index in [0.29, 0.717) is 11.7 Å². The highest BCUT2D eigenvalue weighted by molar-refractivity contribution is 7.99. The molecule has 0 bridgehead atoms. The lowest BCUT2D eigenvalue weighted by Crippen LogP contribution is -2.28. The Labute approximate surface area is 110 Å². The monoisotopic (exact) mass is 269 g/mol. The van der Waals surface area contributed by atoms with E-state index in [1.54, 1.807) is 0 Å². The van der Waals surface area contributed by atoms with Gasteiger partial charge in [0.15, 0.2) is 0 Å². The predicted molar refractivity (Wildman–Crippen MR) is 76.0 cm³/mol. The molecule has 0 amide bonds. The topological polar surface area (TPSA) is 43.1 Å². The van der Waals surface area contributed by atoms with Gasteiger partial charge in [-0.1, -0.05) is 25.1 Å². The first kappa shape index (κ1) is 13.1. The average molecular weight is 269 g/mol. The lowest BCUT2D eigenvalue weighted by atomic mass is 10.0. The molecule has 2 rings (SSSR count). The second kappa shape index (κ2) is 6.03. The van der Waals surface area contributed by atoms with Crippen LogP contribution in [0.4, 0.5) is 0 Å². The fourth-order valence-electron chi connectivity index (χ4n) is 2.02. The van der Waals surface area contributed by atoms with Crippen LogP contribution in [0.25, 0.3) is 0 Å². The molecule has 2 nitrogen and oxygen atoms in total. The van der Waals surface area contributed by atoms with Gasteiger partial charge in [-0.3, -0.25) is 4.21 Å². The molecule has 3 unspecified atom stereocenters. The van der Waals surface area contributed by atoms with Gasteiger partial charge >= 0.3 is 0 Å². The van der Waals surface area contributed by atoms with E-state index < -0.39 is 10.8 Å². The average Bonchev–Trinajstić information content (AvgIpc) is 2.72. The highest BCUT2D eigenvalue weighted by atomic mass is 32.2. The maximum Gasteiger partial charge on any atom is 0.0386 e. The molecule has 1 aromatic rings. The highest BCUT2D eigenvalue weighted by Crippen LogP contribution is 2.39. The Kier molecular flexibility index (Phi) is 4.65. The number of benzene rings is 1. The Bertz CT molecular complexity index is 408. The minimum Gasteiger partial charge on any atom is -0.327 e. The van der Waals surface area contributed by atoms with Gasteiger partial charge < -0.3 is 5.73 Å². The molecule has 94 valence electrons. The molecule has 0 aliphatic carbocycles. The van der Waals surface area contributed by atoms with E-state index in [-0.39, 0.29) is 6.04 Å². The van der Waals surface area contributed by atoms with E-state index in [1.807, 2.05) is 18.7 Å². The van der Waals surface area contributed by atoms with Crippen LogP contribution in [0, 0.1) is 0 Å². The summed E-state index contributed by atoms with van der Waals surface area (Å²) in [6.45, 7) is 2.04. The normalized spacial score (nSPS) is 22.1. The summed E-state index contributed by atoms with van der Waals surface area (Å²) in [5, 5.41) is 0. The van der Waals surface area contributed by atoms with Gasteiger partial charge in [0.1, 0.15) is 0 Å². The second-order valence-electron chi connectivity index (χ2n) is 4.49. The molecule has 0 spiro atoms. The zero-order chi connectivity index (χ0) is 12.3. The van der Waals surface area contributed by atoms with Crippen LogP contribution < -0.4 is 5.73 Å². The van der Waals surface area contributed by atoms with E-state index in [9.17, 15) is 4.21 Å². The summed E-state index contributed by atoms with van der Waals surface area (Å²) in [6, 6.07) is 8.54. The van der Waals surface area contributed by atoms with Gasteiger partial charge in [-0.05, 0) is 18.1 Å². The molecular weight excluding hydrogens is 250 g/mol. The van der Waals surface area contributed by atoms with Gasteiger partial charge in [-0.25, -0.2) is 0 Å². The van der Waals surface area contributed by atoms with E-state index in [4.69, 9.17) is 5.73 Å². The Morgan fingerprint density at radius 2 is 2.29 bits per heavy atom. The van der Waals surface area contributed by atoms with Crippen LogP contribution in [-0.2, 0) is 10.8 Å². The van der Waals surface area contributed by atoms with E-state index in [0.717, 1.165) is 17.9 Å². The zero-order valence-electron chi connectivity index (χ0n) is 10.1. The third kappa shape index (κ3) is 3.33. The Hall–Kier alpha value is -0.320. The number of fused-ring (bicyclic) bond motifs is 1. The summed E-state index contributed by atoms with van der Waals surface area (Å²) in [7, 11) is -0.785. The first-order chi connectivity index (χ1) is 8.20. The van der Waals surface area contributed by atoms with Crippen molar-refractivity contribution in [1.82, 2.24) is 0 Å². The van der Waals surface area contributed by atoms with Crippen LogP contribution in [0.3, 0.4) is 0 Å². The van der Waals surface area contributed by atoms with Gasteiger partial charge in [-0.2, -0.15) is 0 Å². The first-order valence-electron chi connectivity index (χ1n) is 6.03. The molecule has 1 heterocycles. The molecular formula is C13H19NOS2. The van der Waals surface area contributed by atoms with Crippen LogP contribution in [0.5, 0.6) is 0 Å². The molecule has 1 aromatic carbocycles. The van der Waals surface area contributed by atoms with Crippen molar-refractivity contribution in [2.24, 2.45) is 5.73 Å². The van der Waals surface area contributed by atoms with Crippen molar-refractivity contribution in [3.8, 4) is 0 Å². The number of hydrogen-bond donors (Lipinski definition) is 1. The van der Waals surface area contributed by atoms with Crippen molar-refractivity contribution in [1.29, 1.82) is 0 Å². The molecule has 3 atom stereocenters. The maximum atomic E-state index is 12.0.